The molecule has 1 rings (SSSR count). The highest BCUT2D eigenvalue weighted by atomic mass is 16.5. The van der Waals surface area contributed by atoms with E-state index in [4.69, 9.17) is 9.94 Å². The molecule has 0 amide bonds. The maximum Gasteiger partial charge on any atom is 0.263 e. The summed E-state index contributed by atoms with van der Waals surface area (Å²) >= 11 is 0. The molecule has 0 saturated carbocycles. The zero-order valence-electron chi connectivity index (χ0n) is 6.03. The van der Waals surface area contributed by atoms with Crippen LogP contribution >= 0.6 is 0 Å². The first-order chi connectivity index (χ1) is 4.72. The van der Waals surface area contributed by atoms with Gasteiger partial charge in [0.05, 0.1) is 7.11 Å². The minimum atomic E-state index is 0.655. The van der Waals surface area contributed by atoms with Crippen LogP contribution in [0.15, 0.2) is 18.5 Å². The second kappa shape index (κ2) is 2.56. The van der Waals surface area contributed by atoms with Crippen molar-refractivity contribution < 1.29 is 14.7 Å². The summed E-state index contributed by atoms with van der Waals surface area (Å²) in [6.45, 7) is 1.88. The van der Waals surface area contributed by atoms with Gasteiger partial charge in [-0.05, 0) is 13.0 Å². The topological polar surface area (TPSA) is 33.3 Å². The summed E-state index contributed by atoms with van der Waals surface area (Å²) in [5.41, 5.74) is 0.960. The molecule has 0 saturated heterocycles. The minimum absolute atomic E-state index is 0.655. The second-order valence-electron chi connectivity index (χ2n) is 2.13. The first-order valence-electron chi connectivity index (χ1n) is 2.98. The second-order valence-corrected chi connectivity index (χ2v) is 2.13. The normalized spacial score (nSPS) is 9.40. The molecule has 54 valence electrons. The van der Waals surface area contributed by atoms with Crippen molar-refractivity contribution in [1.29, 1.82) is 0 Å². The number of aryl methyl sites for hydroxylation is 1. The Bertz CT molecular complexity index is 215. The quantitative estimate of drug-likeness (QED) is 0.456. The zero-order chi connectivity index (χ0) is 7.56. The Balaban J connectivity index is 3.06. The molecule has 10 heavy (non-hydrogen) atoms. The molecule has 3 heteroatoms. The Kier molecular flexibility index (Phi) is 1.76. The van der Waals surface area contributed by atoms with E-state index in [1.54, 1.807) is 13.3 Å². The van der Waals surface area contributed by atoms with E-state index in [0.29, 0.717) is 5.75 Å². The summed E-state index contributed by atoms with van der Waals surface area (Å²) in [6.07, 6.45) is 3.09. The van der Waals surface area contributed by atoms with Crippen LogP contribution < -0.4 is 9.47 Å². The molecule has 0 bridgehead atoms. The van der Waals surface area contributed by atoms with Crippen LogP contribution in [0, 0.1) is 6.92 Å². The van der Waals surface area contributed by atoms with Crippen molar-refractivity contribution in [3.05, 3.63) is 24.0 Å². The van der Waals surface area contributed by atoms with Gasteiger partial charge in [0.2, 0.25) is 6.20 Å². The van der Waals surface area contributed by atoms with Gasteiger partial charge in [0.15, 0.2) is 5.75 Å². The Morgan fingerprint density at radius 1 is 1.50 bits per heavy atom. The molecule has 1 aromatic rings. The van der Waals surface area contributed by atoms with Gasteiger partial charge in [0, 0.05) is 10.3 Å². The molecule has 0 aliphatic rings. The number of rotatable bonds is 1. The molecule has 0 aromatic carbocycles. The summed E-state index contributed by atoms with van der Waals surface area (Å²) < 4.78 is 5.88. The lowest BCUT2D eigenvalue weighted by atomic mass is 10.3. The predicted octanol–water partition coefficient (Wildman–Crippen LogP) is 0.528. The molecule has 0 atom stereocenters. The third-order valence-corrected chi connectivity index (χ3v) is 1.20. The molecule has 0 aliphatic heterocycles. The molecule has 3 nitrogen and oxygen atoms in total. The molecule has 0 unspecified atom stereocenters. The molecule has 0 fully saturated rings. The number of aromatic nitrogens is 1. The Labute approximate surface area is 59.5 Å². The minimum Gasteiger partial charge on any atom is -0.491 e. The predicted molar refractivity (Wildman–Crippen MR) is 35.1 cm³/mol. The molecule has 1 N–H and O–H groups in total. The highest BCUT2D eigenvalue weighted by Crippen LogP contribution is 2.06. The van der Waals surface area contributed by atoms with E-state index in [9.17, 15) is 0 Å². The summed E-state index contributed by atoms with van der Waals surface area (Å²) in [7, 11) is 1.56. The van der Waals surface area contributed by atoms with Crippen molar-refractivity contribution in [2.75, 3.05) is 7.11 Å². The van der Waals surface area contributed by atoms with E-state index in [1.165, 1.54) is 6.20 Å². The van der Waals surface area contributed by atoms with Crippen molar-refractivity contribution in [1.82, 2.24) is 0 Å². The van der Waals surface area contributed by atoms with Crippen molar-refractivity contribution in [2.45, 2.75) is 6.92 Å². The number of hydrogen-bond donors (Lipinski definition) is 1. The number of pyridine rings is 1. The summed E-state index contributed by atoms with van der Waals surface area (Å²) in [4.78, 5) is 0. The molecule has 1 aromatic heterocycles. The third-order valence-electron chi connectivity index (χ3n) is 1.20. The maximum absolute atomic E-state index is 8.96. The summed E-state index contributed by atoms with van der Waals surface area (Å²) in [6, 6.07) is 1.84. The Morgan fingerprint density at radius 3 is 2.70 bits per heavy atom. The average Bonchev–Trinajstić information content (AvgIpc) is 1.85. The van der Waals surface area contributed by atoms with Gasteiger partial charge in [0.25, 0.3) is 6.20 Å². The van der Waals surface area contributed by atoms with E-state index in [0.717, 1.165) is 10.3 Å². The fraction of sp³-hybridized carbons (Fsp3) is 0.286. The van der Waals surface area contributed by atoms with Crippen LogP contribution in [0.4, 0.5) is 0 Å². The fourth-order valence-corrected chi connectivity index (χ4v) is 0.787. The molecular formula is C7H10NO2+. The van der Waals surface area contributed by atoms with Crippen molar-refractivity contribution in [3.8, 4) is 5.75 Å². The van der Waals surface area contributed by atoms with Crippen LogP contribution in [0.5, 0.6) is 5.75 Å². The van der Waals surface area contributed by atoms with Crippen LogP contribution in [-0.2, 0) is 0 Å². The van der Waals surface area contributed by atoms with Gasteiger partial charge in [-0.15, -0.1) is 0 Å². The smallest absolute Gasteiger partial charge is 0.263 e. The van der Waals surface area contributed by atoms with E-state index < -0.39 is 0 Å². The van der Waals surface area contributed by atoms with Crippen LogP contribution in [-0.4, -0.2) is 12.3 Å². The van der Waals surface area contributed by atoms with E-state index >= 15 is 0 Å². The van der Waals surface area contributed by atoms with Crippen molar-refractivity contribution in [3.63, 3.8) is 0 Å². The number of ether oxygens (including phenoxy) is 1. The molecule has 0 radical (unpaired) electrons. The first kappa shape index (κ1) is 6.86. The Hall–Kier alpha value is -1.25. The molecule has 1 heterocycles. The highest BCUT2D eigenvalue weighted by Gasteiger charge is 2.01. The average molecular weight is 140 g/mol. The highest BCUT2D eigenvalue weighted by molar-refractivity contribution is 5.18. The lowest BCUT2D eigenvalue weighted by molar-refractivity contribution is -0.905. The number of nitrogens with zero attached hydrogens (tertiary/aromatic N) is 1. The first-order valence-corrected chi connectivity index (χ1v) is 2.98. The number of methoxy groups -OCH3 is 1. The monoisotopic (exact) mass is 140 g/mol. The number of hydrogen-bond acceptors (Lipinski definition) is 2. The van der Waals surface area contributed by atoms with Gasteiger partial charge in [-0.2, -0.15) is 0 Å². The van der Waals surface area contributed by atoms with Crippen molar-refractivity contribution >= 4 is 0 Å². The van der Waals surface area contributed by atoms with Crippen LogP contribution in [0.2, 0.25) is 0 Å². The lowest BCUT2D eigenvalue weighted by Gasteiger charge is -1.95. The lowest BCUT2D eigenvalue weighted by Crippen LogP contribution is -2.29. The standard InChI is InChI=1S/C7H10NO2/c1-6-3-7(10-2)5-8(9)4-6/h3-5,9H,1-2H3/q+1. The van der Waals surface area contributed by atoms with Crippen LogP contribution in [0.3, 0.4) is 0 Å². The SMILES string of the molecule is COc1cc(C)c[n+](O)c1. The Morgan fingerprint density at radius 2 is 2.20 bits per heavy atom. The largest absolute Gasteiger partial charge is 0.491 e. The molecule has 0 spiro atoms. The van der Waals surface area contributed by atoms with E-state index in [1.807, 2.05) is 13.0 Å². The van der Waals surface area contributed by atoms with Crippen LogP contribution in [0.1, 0.15) is 5.56 Å². The van der Waals surface area contributed by atoms with Gasteiger partial charge in [-0.1, -0.05) is 0 Å². The van der Waals surface area contributed by atoms with Gasteiger partial charge < -0.3 is 4.74 Å². The van der Waals surface area contributed by atoms with Crippen molar-refractivity contribution in [2.24, 2.45) is 0 Å². The molecular weight excluding hydrogens is 130 g/mol. The molecule has 0 aliphatic carbocycles. The van der Waals surface area contributed by atoms with E-state index in [-0.39, 0.29) is 0 Å². The van der Waals surface area contributed by atoms with Crippen LogP contribution in [0.25, 0.3) is 0 Å². The fourth-order valence-electron chi connectivity index (χ4n) is 0.787. The van der Waals surface area contributed by atoms with Gasteiger partial charge >= 0.3 is 0 Å². The van der Waals surface area contributed by atoms with Gasteiger partial charge in [-0.3, -0.25) is 5.21 Å². The summed E-state index contributed by atoms with van der Waals surface area (Å²) in [5.74, 6) is 0.655. The summed E-state index contributed by atoms with van der Waals surface area (Å²) in [5, 5.41) is 8.96. The zero-order valence-corrected chi connectivity index (χ0v) is 6.03. The van der Waals surface area contributed by atoms with E-state index in [2.05, 4.69) is 0 Å². The van der Waals surface area contributed by atoms with Gasteiger partial charge in [0.1, 0.15) is 0 Å². The third kappa shape index (κ3) is 1.37. The maximum atomic E-state index is 8.96. The van der Waals surface area contributed by atoms with Gasteiger partial charge in [-0.25, -0.2) is 0 Å².